The number of guanidine groups is 1. The van der Waals surface area contributed by atoms with Crippen molar-refractivity contribution in [2.45, 2.75) is 31.7 Å². The van der Waals surface area contributed by atoms with Gasteiger partial charge in [-0.3, -0.25) is 14.6 Å². The number of fused-ring (bicyclic) bond motifs is 1. The molecule has 0 spiro atoms. The fourth-order valence-corrected chi connectivity index (χ4v) is 4.46. The molecule has 1 saturated heterocycles. The van der Waals surface area contributed by atoms with E-state index in [1.807, 2.05) is 25.0 Å². The molecule has 4 rings (SSSR count). The second kappa shape index (κ2) is 10.4. The van der Waals surface area contributed by atoms with E-state index >= 15 is 0 Å². The molecule has 0 saturated carbocycles. The molecular weight excluding hydrogens is 475 g/mol. The highest BCUT2D eigenvalue weighted by atomic mass is 127. The number of aliphatic imine (C=N–C) groups is 1. The van der Waals surface area contributed by atoms with Crippen molar-refractivity contribution in [1.82, 2.24) is 24.9 Å². The Kier molecular flexibility index (Phi) is 7.94. The van der Waals surface area contributed by atoms with Gasteiger partial charge in [-0.2, -0.15) is 5.10 Å². The average molecular weight is 508 g/mol. The lowest BCUT2D eigenvalue weighted by atomic mass is 10.00. The molecule has 7 heteroatoms. The summed E-state index contributed by atoms with van der Waals surface area (Å²) in [6.07, 6.45) is 7.62. The number of rotatable bonds is 5. The number of aromatic nitrogens is 2. The number of nitrogens with one attached hydrogen (secondary N) is 1. The normalized spacial score (nSPS) is 19.7. The molecule has 0 amide bonds. The van der Waals surface area contributed by atoms with Crippen LogP contribution < -0.4 is 5.32 Å². The SMILES string of the molecule is CN=C(NCCCN1CCc2ccccc2C1)N1CCC(c2cnn(C)c2)C1.I. The third-order valence-electron chi connectivity index (χ3n) is 6.04. The summed E-state index contributed by atoms with van der Waals surface area (Å²) in [5.41, 5.74) is 4.36. The zero-order valence-electron chi connectivity index (χ0n) is 17.5. The standard InChI is InChI=1S/C22H32N6.HI/c1-23-22(28-13-9-20(17-28)21-14-25-26(2)15-21)24-10-5-11-27-12-8-18-6-3-4-7-19(18)16-27;/h3-4,6-7,14-15,20H,5,8-13,16-17H2,1-2H3,(H,23,24);1H. The van der Waals surface area contributed by atoms with Crippen molar-refractivity contribution in [3.63, 3.8) is 0 Å². The molecule has 1 atom stereocenters. The molecule has 1 N–H and O–H groups in total. The van der Waals surface area contributed by atoms with Gasteiger partial charge >= 0.3 is 0 Å². The molecule has 2 aliphatic rings. The third kappa shape index (κ3) is 5.51. The molecule has 0 aliphatic carbocycles. The first kappa shape index (κ1) is 22.1. The van der Waals surface area contributed by atoms with Crippen LogP contribution in [0, 0.1) is 0 Å². The molecule has 2 aromatic rings. The van der Waals surface area contributed by atoms with Crippen LogP contribution in [0.25, 0.3) is 0 Å². The van der Waals surface area contributed by atoms with Gasteiger partial charge in [0.25, 0.3) is 0 Å². The molecule has 0 radical (unpaired) electrons. The van der Waals surface area contributed by atoms with E-state index in [1.54, 1.807) is 0 Å². The van der Waals surface area contributed by atoms with Gasteiger partial charge in [0, 0.05) is 65.5 Å². The molecular formula is C22H33IN6. The molecule has 1 aromatic carbocycles. The molecule has 1 fully saturated rings. The fourth-order valence-electron chi connectivity index (χ4n) is 4.46. The first-order chi connectivity index (χ1) is 13.7. The van der Waals surface area contributed by atoms with Crippen molar-refractivity contribution in [2.24, 2.45) is 12.0 Å². The number of halogens is 1. The van der Waals surface area contributed by atoms with Crippen molar-refractivity contribution in [3.8, 4) is 0 Å². The smallest absolute Gasteiger partial charge is 0.193 e. The lowest BCUT2D eigenvalue weighted by Crippen LogP contribution is -2.41. The highest BCUT2D eigenvalue weighted by Gasteiger charge is 2.26. The van der Waals surface area contributed by atoms with Crippen LogP contribution in [0.5, 0.6) is 0 Å². The molecule has 29 heavy (non-hydrogen) atoms. The zero-order valence-corrected chi connectivity index (χ0v) is 19.9. The van der Waals surface area contributed by atoms with Gasteiger partial charge in [0.05, 0.1) is 6.20 Å². The van der Waals surface area contributed by atoms with E-state index in [-0.39, 0.29) is 24.0 Å². The minimum Gasteiger partial charge on any atom is -0.356 e. The summed E-state index contributed by atoms with van der Waals surface area (Å²) in [7, 11) is 3.87. The van der Waals surface area contributed by atoms with E-state index in [1.165, 1.54) is 36.1 Å². The van der Waals surface area contributed by atoms with E-state index in [4.69, 9.17) is 0 Å². The van der Waals surface area contributed by atoms with Crippen LogP contribution in [0.3, 0.4) is 0 Å². The van der Waals surface area contributed by atoms with Crippen LogP contribution in [0.15, 0.2) is 41.7 Å². The Hall–Kier alpha value is -1.61. The first-order valence-corrected chi connectivity index (χ1v) is 10.5. The van der Waals surface area contributed by atoms with Gasteiger partial charge in [-0.25, -0.2) is 0 Å². The summed E-state index contributed by atoms with van der Waals surface area (Å²) in [5.74, 6) is 1.59. The number of likely N-dealkylation sites (tertiary alicyclic amines) is 1. The monoisotopic (exact) mass is 508 g/mol. The van der Waals surface area contributed by atoms with Crippen molar-refractivity contribution in [1.29, 1.82) is 0 Å². The fraction of sp³-hybridized carbons (Fsp3) is 0.545. The second-order valence-electron chi connectivity index (χ2n) is 8.00. The molecule has 1 aromatic heterocycles. The molecule has 3 heterocycles. The van der Waals surface area contributed by atoms with Crippen LogP contribution in [-0.4, -0.2) is 65.3 Å². The van der Waals surface area contributed by atoms with Gasteiger partial charge in [-0.1, -0.05) is 24.3 Å². The van der Waals surface area contributed by atoms with Crippen LogP contribution in [0.2, 0.25) is 0 Å². The molecule has 2 aliphatic heterocycles. The van der Waals surface area contributed by atoms with Gasteiger partial charge in [0.15, 0.2) is 5.96 Å². The van der Waals surface area contributed by atoms with E-state index in [9.17, 15) is 0 Å². The lowest BCUT2D eigenvalue weighted by Gasteiger charge is -2.29. The zero-order chi connectivity index (χ0) is 19.3. The minimum atomic E-state index is 0. The minimum absolute atomic E-state index is 0. The number of hydrogen-bond donors (Lipinski definition) is 1. The Morgan fingerprint density at radius 1 is 1.24 bits per heavy atom. The molecule has 158 valence electrons. The Morgan fingerprint density at radius 3 is 2.83 bits per heavy atom. The summed E-state index contributed by atoms with van der Waals surface area (Å²) in [5, 5.41) is 7.89. The number of benzene rings is 1. The number of nitrogens with zero attached hydrogens (tertiary/aromatic N) is 5. The van der Waals surface area contributed by atoms with Crippen molar-refractivity contribution in [3.05, 3.63) is 53.3 Å². The topological polar surface area (TPSA) is 48.7 Å². The van der Waals surface area contributed by atoms with Crippen molar-refractivity contribution >= 4 is 29.9 Å². The van der Waals surface area contributed by atoms with Crippen molar-refractivity contribution < 1.29 is 0 Å². The van der Waals surface area contributed by atoms with Gasteiger partial charge in [-0.05, 0) is 36.0 Å². The highest BCUT2D eigenvalue weighted by molar-refractivity contribution is 14.0. The Bertz CT molecular complexity index is 817. The summed E-state index contributed by atoms with van der Waals surface area (Å²) in [6, 6.07) is 8.85. The largest absolute Gasteiger partial charge is 0.356 e. The second-order valence-corrected chi connectivity index (χ2v) is 8.00. The summed E-state index contributed by atoms with van der Waals surface area (Å²) in [4.78, 5) is 9.47. The number of hydrogen-bond acceptors (Lipinski definition) is 3. The number of aryl methyl sites for hydroxylation is 1. The lowest BCUT2D eigenvalue weighted by molar-refractivity contribution is 0.251. The Balaban J connectivity index is 0.00000240. The van der Waals surface area contributed by atoms with E-state index in [2.05, 4.69) is 55.7 Å². The van der Waals surface area contributed by atoms with Gasteiger partial charge in [0.1, 0.15) is 0 Å². The third-order valence-corrected chi connectivity index (χ3v) is 6.04. The van der Waals surface area contributed by atoms with E-state index in [0.29, 0.717) is 5.92 Å². The highest BCUT2D eigenvalue weighted by Crippen LogP contribution is 2.26. The van der Waals surface area contributed by atoms with Gasteiger partial charge < -0.3 is 10.2 Å². The predicted octanol–water partition coefficient (Wildman–Crippen LogP) is 2.85. The van der Waals surface area contributed by atoms with E-state index < -0.39 is 0 Å². The summed E-state index contributed by atoms with van der Waals surface area (Å²) >= 11 is 0. The molecule has 0 bridgehead atoms. The predicted molar refractivity (Wildman–Crippen MR) is 129 cm³/mol. The van der Waals surface area contributed by atoms with E-state index in [0.717, 1.165) is 45.1 Å². The quantitative estimate of drug-likeness (QED) is 0.292. The molecule has 1 unspecified atom stereocenters. The Labute approximate surface area is 191 Å². The van der Waals surface area contributed by atoms with Gasteiger partial charge in [-0.15, -0.1) is 24.0 Å². The maximum atomic E-state index is 4.51. The molecule has 6 nitrogen and oxygen atoms in total. The van der Waals surface area contributed by atoms with Crippen LogP contribution in [0.4, 0.5) is 0 Å². The summed E-state index contributed by atoms with van der Waals surface area (Å²) in [6.45, 7) is 6.44. The van der Waals surface area contributed by atoms with Crippen LogP contribution >= 0.6 is 24.0 Å². The average Bonchev–Trinajstić information content (AvgIpc) is 3.37. The van der Waals surface area contributed by atoms with Crippen LogP contribution in [0.1, 0.15) is 35.4 Å². The summed E-state index contributed by atoms with van der Waals surface area (Å²) < 4.78 is 1.89. The van der Waals surface area contributed by atoms with Crippen molar-refractivity contribution in [2.75, 3.05) is 39.8 Å². The maximum Gasteiger partial charge on any atom is 0.193 e. The van der Waals surface area contributed by atoms with Crippen LogP contribution in [-0.2, 0) is 20.0 Å². The first-order valence-electron chi connectivity index (χ1n) is 10.5. The van der Waals surface area contributed by atoms with Gasteiger partial charge in [0.2, 0.25) is 0 Å². The maximum absolute atomic E-state index is 4.51. The Morgan fingerprint density at radius 2 is 2.07 bits per heavy atom.